The first-order valence-corrected chi connectivity index (χ1v) is 11.8. The van der Waals surface area contributed by atoms with Crippen LogP contribution >= 0.6 is 11.8 Å². The maximum absolute atomic E-state index is 12.8. The maximum atomic E-state index is 12.8. The minimum absolute atomic E-state index is 0.202. The van der Waals surface area contributed by atoms with Crippen molar-refractivity contribution in [3.05, 3.63) is 35.6 Å². The summed E-state index contributed by atoms with van der Waals surface area (Å²) in [5.41, 5.74) is 0.902. The van der Waals surface area contributed by atoms with Crippen LogP contribution in [0.15, 0.2) is 24.3 Å². The lowest BCUT2D eigenvalue weighted by Crippen LogP contribution is -2.05. The Morgan fingerprint density at radius 2 is 1.44 bits per heavy atom. The molecule has 0 radical (unpaired) electrons. The second-order valence-corrected chi connectivity index (χ2v) is 8.50. The SMILES string of the molecule is CC(C)OCCSCCCCCCCCCCCC#Cc1ccc(F)cc1. The highest BCUT2D eigenvalue weighted by molar-refractivity contribution is 7.99. The topological polar surface area (TPSA) is 9.23 Å². The van der Waals surface area contributed by atoms with E-state index in [2.05, 4.69) is 25.7 Å². The first kappa shape index (κ1) is 24.1. The van der Waals surface area contributed by atoms with Gasteiger partial charge >= 0.3 is 0 Å². The highest BCUT2D eigenvalue weighted by Gasteiger charge is 1.95. The number of ether oxygens (including phenoxy) is 1. The lowest BCUT2D eigenvalue weighted by atomic mass is 10.1. The van der Waals surface area contributed by atoms with Crippen molar-refractivity contribution in [2.24, 2.45) is 0 Å². The molecule has 0 saturated carbocycles. The predicted molar refractivity (Wildman–Crippen MR) is 118 cm³/mol. The predicted octanol–water partition coefficient (Wildman–Crippen LogP) is 7.24. The Morgan fingerprint density at radius 1 is 0.852 bits per heavy atom. The van der Waals surface area contributed by atoms with E-state index in [-0.39, 0.29) is 5.82 Å². The van der Waals surface area contributed by atoms with Crippen molar-refractivity contribution in [2.45, 2.75) is 84.2 Å². The van der Waals surface area contributed by atoms with Gasteiger partial charge in [0.15, 0.2) is 0 Å². The molecule has 0 fully saturated rings. The standard InChI is InChI=1S/C24H37FOS/c1-22(2)26-19-21-27-20-13-11-9-7-5-3-4-6-8-10-12-14-23-15-17-24(25)18-16-23/h15-18,22H,3-11,13,19-21H2,1-2H3. The van der Waals surface area contributed by atoms with E-state index in [0.29, 0.717) is 6.10 Å². The molecule has 0 heterocycles. The van der Waals surface area contributed by atoms with Crippen LogP contribution in [-0.4, -0.2) is 24.2 Å². The van der Waals surface area contributed by atoms with Gasteiger partial charge in [0.2, 0.25) is 0 Å². The first-order valence-electron chi connectivity index (χ1n) is 10.6. The third-order valence-corrected chi connectivity index (χ3v) is 5.38. The summed E-state index contributed by atoms with van der Waals surface area (Å²) in [6.07, 6.45) is 13.3. The molecular weight excluding hydrogens is 355 g/mol. The van der Waals surface area contributed by atoms with Crippen molar-refractivity contribution < 1.29 is 9.13 Å². The number of halogens is 1. The number of thioether (sulfide) groups is 1. The van der Waals surface area contributed by atoms with E-state index in [1.807, 2.05) is 11.8 Å². The maximum Gasteiger partial charge on any atom is 0.123 e. The second-order valence-electron chi connectivity index (χ2n) is 7.27. The molecule has 152 valence electrons. The van der Waals surface area contributed by atoms with Crippen LogP contribution in [0.25, 0.3) is 0 Å². The summed E-state index contributed by atoms with van der Waals surface area (Å²) in [5, 5.41) is 0. The Labute approximate surface area is 170 Å². The van der Waals surface area contributed by atoms with Crippen LogP contribution in [0.2, 0.25) is 0 Å². The van der Waals surface area contributed by atoms with E-state index < -0.39 is 0 Å². The van der Waals surface area contributed by atoms with Crippen LogP contribution in [0, 0.1) is 17.7 Å². The normalized spacial score (nSPS) is 10.8. The molecule has 0 aliphatic heterocycles. The zero-order valence-electron chi connectivity index (χ0n) is 17.3. The Bertz CT molecular complexity index is 515. The molecule has 0 unspecified atom stereocenters. The van der Waals surface area contributed by atoms with Gasteiger partial charge in [0.25, 0.3) is 0 Å². The van der Waals surface area contributed by atoms with Gasteiger partial charge in [-0.1, -0.05) is 56.8 Å². The van der Waals surface area contributed by atoms with E-state index in [4.69, 9.17) is 4.74 Å². The number of unbranched alkanes of at least 4 members (excludes halogenated alkanes) is 9. The monoisotopic (exact) mass is 392 g/mol. The quantitative estimate of drug-likeness (QED) is 0.230. The van der Waals surface area contributed by atoms with Gasteiger partial charge in [0.05, 0.1) is 12.7 Å². The van der Waals surface area contributed by atoms with Gasteiger partial charge in [-0.15, -0.1) is 0 Å². The van der Waals surface area contributed by atoms with Crippen LogP contribution in [0.5, 0.6) is 0 Å². The van der Waals surface area contributed by atoms with E-state index in [0.717, 1.165) is 24.3 Å². The molecule has 0 spiro atoms. The fourth-order valence-electron chi connectivity index (χ4n) is 2.80. The molecule has 0 aliphatic rings. The van der Waals surface area contributed by atoms with Crippen molar-refractivity contribution in [3.63, 3.8) is 0 Å². The molecule has 0 aromatic heterocycles. The minimum atomic E-state index is -0.202. The molecule has 0 amide bonds. The summed E-state index contributed by atoms with van der Waals surface area (Å²) < 4.78 is 18.3. The number of benzene rings is 1. The first-order chi connectivity index (χ1) is 13.2. The summed E-state index contributed by atoms with van der Waals surface area (Å²) in [7, 11) is 0. The Hall–Kier alpha value is -0.980. The highest BCUT2D eigenvalue weighted by atomic mass is 32.2. The van der Waals surface area contributed by atoms with E-state index >= 15 is 0 Å². The summed E-state index contributed by atoms with van der Waals surface area (Å²) >= 11 is 2.02. The van der Waals surface area contributed by atoms with E-state index in [9.17, 15) is 4.39 Å². The molecule has 1 aromatic rings. The summed E-state index contributed by atoms with van der Waals surface area (Å²) in [4.78, 5) is 0. The molecule has 0 atom stereocenters. The molecule has 0 aliphatic carbocycles. The third-order valence-electron chi connectivity index (χ3n) is 4.35. The van der Waals surface area contributed by atoms with Gasteiger partial charge in [0.1, 0.15) is 5.82 Å². The average molecular weight is 393 g/mol. The van der Waals surface area contributed by atoms with Gasteiger partial charge in [0, 0.05) is 17.7 Å². The van der Waals surface area contributed by atoms with Crippen molar-refractivity contribution in [3.8, 4) is 11.8 Å². The third kappa shape index (κ3) is 15.7. The number of hydrogen-bond donors (Lipinski definition) is 0. The van der Waals surface area contributed by atoms with Gasteiger partial charge in [-0.05, 0) is 56.7 Å². The lowest BCUT2D eigenvalue weighted by molar-refractivity contribution is 0.0920. The fourth-order valence-corrected chi connectivity index (χ4v) is 3.62. The van der Waals surface area contributed by atoms with Crippen LogP contribution in [-0.2, 0) is 4.74 Å². The molecular formula is C24H37FOS. The minimum Gasteiger partial charge on any atom is -0.378 e. The number of hydrogen-bond acceptors (Lipinski definition) is 2. The van der Waals surface area contributed by atoms with Gasteiger partial charge < -0.3 is 4.74 Å². The van der Waals surface area contributed by atoms with E-state index in [1.165, 1.54) is 75.7 Å². The average Bonchev–Trinajstić information content (AvgIpc) is 2.65. The van der Waals surface area contributed by atoms with Gasteiger partial charge in [-0.3, -0.25) is 0 Å². The Balaban J connectivity index is 1.79. The second kappa shape index (κ2) is 17.1. The summed E-state index contributed by atoms with van der Waals surface area (Å²) in [6, 6.07) is 6.41. The molecule has 1 nitrogen and oxygen atoms in total. The van der Waals surface area contributed by atoms with Gasteiger partial charge in [-0.2, -0.15) is 11.8 Å². The molecule has 3 heteroatoms. The Morgan fingerprint density at radius 3 is 2.07 bits per heavy atom. The van der Waals surface area contributed by atoms with Crippen molar-refractivity contribution >= 4 is 11.8 Å². The van der Waals surface area contributed by atoms with Gasteiger partial charge in [-0.25, -0.2) is 4.39 Å². The zero-order chi connectivity index (χ0) is 19.6. The molecule has 0 bridgehead atoms. The molecule has 0 N–H and O–H groups in total. The zero-order valence-corrected chi connectivity index (χ0v) is 18.1. The molecule has 1 rings (SSSR count). The Kier molecular flexibility index (Phi) is 15.3. The smallest absolute Gasteiger partial charge is 0.123 e. The summed E-state index contributed by atoms with van der Waals surface area (Å²) in [5.74, 6) is 8.49. The van der Waals surface area contributed by atoms with Crippen LogP contribution in [0.3, 0.4) is 0 Å². The van der Waals surface area contributed by atoms with Crippen LogP contribution in [0.4, 0.5) is 4.39 Å². The number of rotatable bonds is 15. The summed E-state index contributed by atoms with van der Waals surface area (Å²) in [6.45, 7) is 5.07. The van der Waals surface area contributed by atoms with Crippen LogP contribution < -0.4 is 0 Å². The van der Waals surface area contributed by atoms with Crippen LogP contribution in [0.1, 0.15) is 83.6 Å². The van der Waals surface area contributed by atoms with Crippen molar-refractivity contribution in [1.82, 2.24) is 0 Å². The highest BCUT2D eigenvalue weighted by Crippen LogP contribution is 2.12. The largest absolute Gasteiger partial charge is 0.378 e. The fraction of sp³-hybridized carbons (Fsp3) is 0.667. The lowest BCUT2D eigenvalue weighted by Gasteiger charge is -2.06. The molecule has 27 heavy (non-hydrogen) atoms. The molecule has 1 aromatic carbocycles. The van der Waals surface area contributed by atoms with Crippen molar-refractivity contribution in [1.29, 1.82) is 0 Å². The van der Waals surface area contributed by atoms with E-state index in [1.54, 1.807) is 12.1 Å². The molecule has 0 saturated heterocycles. The van der Waals surface area contributed by atoms with Crippen molar-refractivity contribution in [2.75, 3.05) is 18.1 Å².